The van der Waals surface area contributed by atoms with Gasteiger partial charge in [-0.25, -0.2) is 0 Å². The Morgan fingerprint density at radius 3 is 2.70 bits per heavy atom. The molecule has 1 aromatic rings. The summed E-state index contributed by atoms with van der Waals surface area (Å²) in [6, 6.07) is 6.88. The molecular formula is C15H19ClN2O2. The average Bonchev–Trinajstić information content (AvgIpc) is 2.37. The quantitative estimate of drug-likeness (QED) is 0.848. The Balaban J connectivity index is 2.58. The van der Waals surface area contributed by atoms with Crippen molar-refractivity contribution in [2.45, 2.75) is 20.3 Å². The van der Waals surface area contributed by atoms with E-state index in [1.807, 2.05) is 13.0 Å². The monoisotopic (exact) mass is 294 g/mol. The predicted octanol–water partition coefficient (Wildman–Crippen LogP) is 3.09. The van der Waals surface area contributed by atoms with Gasteiger partial charge < -0.3 is 10.2 Å². The molecule has 0 heterocycles. The van der Waals surface area contributed by atoms with Crippen molar-refractivity contribution < 1.29 is 9.59 Å². The van der Waals surface area contributed by atoms with Gasteiger partial charge in [0, 0.05) is 23.3 Å². The van der Waals surface area contributed by atoms with Gasteiger partial charge in [-0.05, 0) is 31.5 Å². The summed E-state index contributed by atoms with van der Waals surface area (Å²) >= 11 is 5.84. The Morgan fingerprint density at radius 1 is 1.40 bits per heavy atom. The molecule has 0 aliphatic carbocycles. The molecule has 0 saturated carbocycles. The van der Waals surface area contributed by atoms with E-state index in [2.05, 4.69) is 5.32 Å². The molecule has 0 bridgehead atoms. The van der Waals surface area contributed by atoms with E-state index in [4.69, 9.17) is 11.6 Å². The third-order valence-electron chi connectivity index (χ3n) is 2.68. The highest BCUT2D eigenvalue weighted by Crippen LogP contribution is 2.14. The number of likely N-dealkylation sites (N-methyl/N-ethyl adjacent to an activating group) is 1. The number of rotatable bonds is 5. The summed E-state index contributed by atoms with van der Waals surface area (Å²) in [5.41, 5.74) is 1.26. The number of anilines is 1. The van der Waals surface area contributed by atoms with Gasteiger partial charge in [0.25, 0.3) is 0 Å². The van der Waals surface area contributed by atoms with Crippen LogP contribution in [0.15, 0.2) is 35.9 Å². The molecule has 4 nitrogen and oxygen atoms in total. The van der Waals surface area contributed by atoms with Gasteiger partial charge in [0.2, 0.25) is 11.8 Å². The molecule has 0 radical (unpaired) electrons. The summed E-state index contributed by atoms with van der Waals surface area (Å²) < 4.78 is 0. The maximum Gasteiger partial charge on any atom is 0.249 e. The normalized spacial score (nSPS) is 11.1. The van der Waals surface area contributed by atoms with Crippen LogP contribution >= 0.6 is 11.6 Å². The van der Waals surface area contributed by atoms with Crippen LogP contribution in [0.1, 0.15) is 20.3 Å². The number of amides is 2. The molecule has 1 aromatic carbocycles. The molecule has 0 saturated heterocycles. The maximum atomic E-state index is 11.9. The Morgan fingerprint density at radius 2 is 2.10 bits per heavy atom. The van der Waals surface area contributed by atoms with Crippen molar-refractivity contribution in [2.75, 3.05) is 18.9 Å². The van der Waals surface area contributed by atoms with Crippen LogP contribution in [0, 0.1) is 0 Å². The summed E-state index contributed by atoms with van der Waals surface area (Å²) in [6.07, 6.45) is 2.63. The zero-order chi connectivity index (χ0) is 15.1. The zero-order valence-electron chi connectivity index (χ0n) is 11.9. The van der Waals surface area contributed by atoms with E-state index in [1.54, 1.807) is 38.2 Å². The summed E-state index contributed by atoms with van der Waals surface area (Å²) in [4.78, 5) is 25.2. The minimum Gasteiger partial charge on any atom is -0.333 e. The van der Waals surface area contributed by atoms with Crippen LogP contribution in [0.2, 0.25) is 5.02 Å². The van der Waals surface area contributed by atoms with Gasteiger partial charge in [-0.15, -0.1) is 0 Å². The third-order valence-corrected chi connectivity index (χ3v) is 2.92. The first-order valence-electron chi connectivity index (χ1n) is 6.41. The first-order valence-corrected chi connectivity index (χ1v) is 6.79. The molecule has 0 atom stereocenters. The molecule has 2 amide bonds. The zero-order valence-corrected chi connectivity index (χ0v) is 12.7. The van der Waals surface area contributed by atoms with Crippen molar-refractivity contribution in [3.05, 3.63) is 40.9 Å². The minimum absolute atomic E-state index is 0.000239. The number of benzene rings is 1. The average molecular weight is 295 g/mol. The van der Waals surface area contributed by atoms with E-state index < -0.39 is 0 Å². The van der Waals surface area contributed by atoms with Gasteiger partial charge in [-0.3, -0.25) is 9.59 Å². The summed E-state index contributed by atoms with van der Waals surface area (Å²) in [7, 11) is 1.60. The van der Waals surface area contributed by atoms with Crippen LogP contribution in [0.5, 0.6) is 0 Å². The van der Waals surface area contributed by atoms with Crippen molar-refractivity contribution >= 4 is 29.1 Å². The number of hydrogen-bond acceptors (Lipinski definition) is 2. The number of allylic oxidation sites excluding steroid dienone is 1. The fourth-order valence-corrected chi connectivity index (χ4v) is 1.94. The molecule has 0 fully saturated rings. The van der Waals surface area contributed by atoms with Gasteiger partial charge >= 0.3 is 0 Å². The van der Waals surface area contributed by atoms with E-state index in [9.17, 15) is 9.59 Å². The second kappa shape index (κ2) is 7.70. The highest BCUT2D eigenvalue weighted by Gasteiger charge is 2.14. The van der Waals surface area contributed by atoms with Crippen molar-refractivity contribution in [3.8, 4) is 0 Å². The minimum atomic E-state index is -0.257. The molecule has 0 spiro atoms. The largest absolute Gasteiger partial charge is 0.333 e. The highest BCUT2D eigenvalue weighted by atomic mass is 35.5. The van der Waals surface area contributed by atoms with Gasteiger partial charge in [-0.1, -0.05) is 30.7 Å². The van der Waals surface area contributed by atoms with Crippen molar-refractivity contribution in [1.29, 1.82) is 0 Å². The number of carbonyl (C=O) groups is 2. The summed E-state index contributed by atoms with van der Waals surface area (Å²) in [6.45, 7) is 3.71. The first kappa shape index (κ1) is 16.2. The van der Waals surface area contributed by atoms with Gasteiger partial charge in [0.05, 0.1) is 6.54 Å². The van der Waals surface area contributed by atoms with Gasteiger partial charge in [-0.2, -0.15) is 0 Å². The van der Waals surface area contributed by atoms with E-state index in [0.717, 1.165) is 6.42 Å². The number of hydrogen-bond donors (Lipinski definition) is 1. The number of carbonyl (C=O) groups excluding carboxylic acids is 2. The molecular weight excluding hydrogens is 276 g/mol. The molecule has 0 unspecified atom stereocenters. The lowest BCUT2D eigenvalue weighted by molar-refractivity contribution is -0.130. The summed E-state index contributed by atoms with van der Waals surface area (Å²) in [5.74, 6) is -0.402. The van der Waals surface area contributed by atoms with Crippen LogP contribution in [-0.2, 0) is 9.59 Å². The SMILES string of the molecule is CCC=C(C)C(=O)N(C)CC(=O)Nc1cccc(Cl)c1. The summed E-state index contributed by atoms with van der Waals surface area (Å²) in [5, 5.41) is 3.25. The number of halogens is 1. The second-order valence-electron chi connectivity index (χ2n) is 4.52. The molecule has 0 aromatic heterocycles. The van der Waals surface area contributed by atoms with Crippen LogP contribution in [-0.4, -0.2) is 30.3 Å². The standard InChI is InChI=1S/C15H19ClN2O2/c1-4-6-11(2)15(20)18(3)10-14(19)17-13-8-5-7-12(16)9-13/h5-9H,4,10H2,1-3H3,(H,17,19). The Labute approximate surface area is 124 Å². The van der Waals surface area contributed by atoms with Crippen LogP contribution in [0.4, 0.5) is 5.69 Å². The lowest BCUT2D eigenvalue weighted by Gasteiger charge is -2.17. The lowest BCUT2D eigenvalue weighted by atomic mass is 10.2. The smallest absolute Gasteiger partial charge is 0.249 e. The molecule has 1 rings (SSSR count). The Kier molecular flexibility index (Phi) is 6.25. The fraction of sp³-hybridized carbons (Fsp3) is 0.333. The van der Waals surface area contributed by atoms with Crippen molar-refractivity contribution in [1.82, 2.24) is 4.90 Å². The molecule has 108 valence electrons. The Hall–Kier alpha value is -1.81. The van der Waals surface area contributed by atoms with E-state index in [1.165, 1.54) is 4.90 Å². The van der Waals surface area contributed by atoms with Crippen LogP contribution in [0.3, 0.4) is 0 Å². The van der Waals surface area contributed by atoms with Gasteiger partial charge in [0.15, 0.2) is 0 Å². The molecule has 20 heavy (non-hydrogen) atoms. The molecule has 1 N–H and O–H groups in total. The van der Waals surface area contributed by atoms with E-state index >= 15 is 0 Å². The topological polar surface area (TPSA) is 49.4 Å². The number of nitrogens with one attached hydrogen (secondary N) is 1. The maximum absolute atomic E-state index is 11.9. The van der Waals surface area contributed by atoms with E-state index in [-0.39, 0.29) is 18.4 Å². The van der Waals surface area contributed by atoms with Crippen molar-refractivity contribution in [3.63, 3.8) is 0 Å². The predicted molar refractivity (Wildman–Crippen MR) is 81.8 cm³/mol. The van der Waals surface area contributed by atoms with E-state index in [0.29, 0.717) is 16.3 Å². The van der Waals surface area contributed by atoms with Crippen LogP contribution < -0.4 is 5.32 Å². The molecule has 0 aliphatic rings. The number of nitrogens with zero attached hydrogens (tertiary/aromatic N) is 1. The lowest BCUT2D eigenvalue weighted by Crippen LogP contribution is -2.35. The van der Waals surface area contributed by atoms with Gasteiger partial charge in [0.1, 0.15) is 0 Å². The first-order chi connectivity index (χ1) is 9.43. The van der Waals surface area contributed by atoms with Crippen molar-refractivity contribution in [2.24, 2.45) is 0 Å². The fourth-order valence-electron chi connectivity index (χ4n) is 1.75. The molecule has 5 heteroatoms. The second-order valence-corrected chi connectivity index (χ2v) is 4.95. The molecule has 0 aliphatic heterocycles. The third kappa shape index (κ3) is 5.05. The Bertz CT molecular complexity index is 526. The highest BCUT2D eigenvalue weighted by molar-refractivity contribution is 6.30. The van der Waals surface area contributed by atoms with Crippen LogP contribution in [0.25, 0.3) is 0 Å².